The Bertz CT molecular complexity index is 598. The first-order chi connectivity index (χ1) is 9.92. The number of halogens is 1. The molecule has 2 rings (SSSR count). The highest BCUT2D eigenvalue weighted by atomic mass is 35.5. The van der Waals surface area contributed by atoms with Gasteiger partial charge in [0.2, 0.25) is 10.0 Å². The molecule has 1 aliphatic rings. The summed E-state index contributed by atoms with van der Waals surface area (Å²) in [5, 5.41) is 3.27. The van der Waals surface area contributed by atoms with Crippen LogP contribution in [-0.4, -0.2) is 22.0 Å². The van der Waals surface area contributed by atoms with Crippen LogP contribution in [0.4, 0.5) is 0 Å². The molecule has 4 nitrogen and oxygen atoms in total. The first-order valence-electron chi connectivity index (χ1n) is 7.35. The second-order valence-electron chi connectivity index (χ2n) is 5.87. The summed E-state index contributed by atoms with van der Waals surface area (Å²) in [7, 11) is -1.73. The first-order valence-corrected chi connectivity index (χ1v) is 9.21. The molecular weight excluding hydrogens is 308 g/mol. The van der Waals surface area contributed by atoms with E-state index in [0.717, 1.165) is 31.2 Å². The van der Waals surface area contributed by atoms with Gasteiger partial charge in [-0.25, -0.2) is 13.1 Å². The maximum absolute atomic E-state index is 12.5. The average Bonchev–Trinajstić information content (AvgIpc) is 3.20. The summed E-state index contributed by atoms with van der Waals surface area (Å²) < 4.78 is 27.7. The quantitative estimate of drug-likeness (QED) is 0.770. The van der Waals surface area contributed by atoms with Gasteiger partial charge in [-0.15, -0.1) is 0 Å². The third-order valence-electron chi connectivity index (χ3n) is 4.04. The van der Waals surface area contributed by atoms with Gasteiger partial charge in [0.05, 0.1) is 5.02 Å². The predicted octanol–water partition coefficient (Wildman–Crippen LogP) is 2.92. The summed E-state index contributed by atoms with van der Waals surface area (Å²) in [5.74, 6) is 0. The van der Waals surface area contributed by atoms with Crippen molar-refractivity contribution in [3.05, 3.63) is 28.8 Å². The lowest BCUT2D eigenvalue weighted by molar-refractivity contribution is 0.449. The summed E-state index contributed by atoms with van der Waals surface area (Å²) in [5.41, 5.74) is 1.08. The van der Waals surface area contributed by atoms with Crippen LogP contribution in [-0.2, 0) is 16.6 Å². The summed E-state index contributed by atoms with van der Waals surface area (Å²) >= 11 is 6.07. The van der Waals surface area contributed by atoms with E-state index in [9.17, 15) is 8.42 Å². The summed E-state index contributed by atoms with van der Waals surface area (Å²) in [4.78, 5) is 0.171. The highest BCUT2D eigenvalue weighted by Crippen LogP contribution is 2.49. The van der Waals surface area contributed by atoms with E-state index >= 15 is 0 Å². The molecule has 1 aromatic carbocycles. The zero-order valence-electron chi connectivity index (χ0n) is 12.6. The average molecular weight is 331 g/mol. The van der Waals surface area contributed by atoms with Crippen LogP contribution >= 0.6 is 11.6 Å². The monoisotopic (exact) mass is 330 g/mol. The largest absolute Gasteiger partial charge is 0.316 e. The molecule has 0 spiro atoms. The second-order valence-corrected chi connectivity index (χ2v) is 8.01. The van der Waals surface area contributed by atoms with Crippen molar-refractivity contribution in [2.24, 2.45) is 5.41 Å². The molecule has 2 N–H and O–H groups in total. The molecule has 1 saturated carbocycles. The minimum atomic E-state index is -3.55. The lowest BCUT2D eigenvalue weighted by Gasteiger charge is -2.16. The SMILES string of the molecule is CCCC1(CNS(=O)(=O)c2cc(CNC)ccc2Cl)CC1. The maximum atomic E-state index is 12.5. The van der Waals surface area contributed by atoms with Gasteiger partial charge in [-0.3, -0.25) is 0 Å². The standard InChI is InChI=1S/C15H23ClN2O2S/c1-3-6-15(7-8-15)11-18-21(19,20)14-9-12(10-17-2)4-5-13(14)16/h4-5,9,17-18H,3,6-8,10-11H2,1-2H3. The summed E-state index contributed by atoms with van der Waals surface area (Å²) in [6, 6.07) is 5.11. The van der Waals surface area contributed by atoms with Gasteiger partial charge in [0.1, 0.15) is 4.90 Å². The minimum Gasteiger partial charge on any atom is -0.316 e. The van der Waals surface area contributed by atoms with Gasteiger partial charge in [-0.1, -0.05) is 31.0 Å². The van der Waals surface area contributed by atoms with Crippen molar-refractivity contribution in [3.8, 4) is 0 Å². The van der Waals surface area contributed by atoms with Gasteiger partial charge in [-0.05, 0) is 49.4 Å². The van der Waals surface area contributed by atoms with E-state index in [2.05, 4.69) is 17.0 Å². The molecule has 6 heteroatoms. The Balaban J connectivity index is 2.13. The van der Waals surface area contributed by atoms with Crippen LogP contribution in [0.1, 0.15) is 38.2 Å². The smallest absolute Gasteiger partial charge is 0.242 e. The molecule has 0 bridgehead atoms. The van der Waals surface area contributed by atoms with Crippen LogP contribution in [0.25, 0.3) is 0 Å². The molecule has 1 aromatic rings. The summed E-state index contributed by atoms with van der Waals surface area (Å²) in [6.07, 6.45) is 4.37. The molecule has 0 aromatic heterocycles. The third-order valence-corrected chi connectivity index (χ3v) is 5.92. The van der Waals surface area contributed by atoms with E-state index in [-0.39, 0.29) is 15.3 Å². The fraction of sp³-hybridized carbons (Fsp3) is 0.600. The molecule has 0 unspecified atom stereocenters. The molecule has 0 amide bonds. The molecular formula is C15H23ClN2O2S. The number of hydrogen-bond acceptors (Lipinski definition) is 3. The number of rotatable bonds is 8. The Morgan fingerprint density at radius 1 is 1.33 bits per heavy atom. The van der Waals surface area contributed by atoms with Crippen molar-refractivity contribution in [1.29, 1.82) is 0 Å². The molecule has 1 fully saturated rings. The van der Waals surface area contributed by atoms with Gasteiger partial charge in [-0.2, -0.15) is 0 Å². The molecule has 0 saturated heterocycles. The Kier molecular flexibility index (Phi) is 5.30. The number of nitrogens with one attached hydrogen (secondary N) is 2. The van der Waals surface area contributed by atoms with Crippen molar-refractivity contribution in [1.82, 2.24) is 10.0 Å². The van der Waals surface area contributed by atoms with Crippen molar-refractivity contribution < 1.29 is 8.42 Å². The molecule has 0 radical (unpaired) electrons. The van der Waals surface area contributed by atoms with Crippen LogP contribution < -0.4 is 10.0 Å². The van der Waals surface area contributed by atoms with Crippen LogP contribution in [0.2, 0.25) is 5.02 Å². The van der Waals surface area contributed by atoms with Crippen LogP contribution in [0.5, 0.6) is 0 Å². The highest BCUT2D eigenvalue weighted by Gasteiger charge is 2.42. The normalized spacial score (nSPS) is 16.9. The Morgan fingerprint density at radius 2 is 2.05 bits per heavy atom. The minimum absolute atomic E-state index is 0.171. The zero-order chi connectivity index (χ0) is 15.5. The van der Waals surface area contributed by atoms with Gasteiger partial charge in [0.15, 0.2) is 0 Å². The molecule has 118 valence electrons. The van der Waals surface area contributed by atoms with Crippen molar-refractivity contribution in [2.45, 2.75) is 44.0 Å². The van der Waals surface area contributed by atoms with Crippen molar-refractivity contribution in [3.63, 3.8) is 0 Å². The molecule has 21 heavy (non-hydrogen) atoms. The van der Waals surface area contributed by atoms with Gasteiger partial charge in [0.25, 0.3) is 0 Å². The lowest BCUT2D eigenvalue weighted by Crippen LogP contribution is -2.30. The van der Waals surface area contributed by atoms with Crippen LogP contribution in [0.3, 0.4) is 0 Å². The van der Waals surface area contributed by atoms with E-state index < -0.39 is 10.0 Å². The topological polar surface area (TPSA) is 58.2 Å². The van der Waals surface area contributed by atoms with Crippen LogP contribution in [0.15, 0.2) is 23.1 Å². The molecule has 0 aliphatic heterocycles. The number of hydrogen-bond donors (Lipinski definition) is 2. The van der Waals surface area contributed by atoms with Gasteiger partial charge >= 0.3 is 0 Å². The fourth-order valence-corrected chi connectivity index (χ4v) is 4.32. The van der Waals surface area contributed by atoms with Crippen molar-refractivity contribution >= 4 is 21.6 Å². The Hall–Kier alpha value is -0.620. The Morgan fingerprint density at radius 3 is 2.62 bits per heavy atom. The first kappa shape index (κ1) is 16.7. The number of benzene rings is 1. The predicted molar refractivity (Wildman–Crippen MR) is 86.0 cm³/mol. The maximum Gasteiger partial charge on any atom is 0.242 e. The Labute approximate surface area is 132 Å². The molecule has 0 atom stereocenters. The summed E-state index contributed by atoms with van der Waals surface area (Å²) in [6.45, 7) is 3.25. The van der Waals surface area contributed by atoms with E-state index in [1.54, 1.807) is 12.1 Å². The molecule has 0 heterocycles. The van der Waals surface area contributed by atoms with E-state index in [1.165, 1.54) is 0 Å². The van der Waals surface area contributed by atoms with Gasteiger partial charge < -0.3 is 5.32 Å². The second kappa shape index (κ2) is 6.65. The lowest BCUT2D eigenvalue weighted by atomic mass is 10.0. The van der Waals surface area contributed by atoms with Crippen LogP contribution in [0, 0.1) is 5.41 Å². The fourth-order valence-electron chi connectivity index (χ4n) is 2.62. The third kappa shape index (κ3) is 4.19. The van der Waals surface area contributed by atoms with Crippen molar-refractivity contribution in [2.75, 3.05) is 13.6 Å². The molecule has 1 aliphatic carbocycles. The zero-order valence-corrected chi connectivity index (χ0v) is 14.1. The van der Waals surface area contributed by atoms with E-state index in [1.807, 2.05) is 13.1 Å². The number of sulfonamides is 1. The highest BCUT2D eigenvalue weighted by molar-refractivity contribution is 7.89. The van der Waals surface area contributed by atoms with E-state index in [4.69, 9.17) is 11.6 Å². The van der Waals surface area contributed by atoms with E-state index in [0.29, 0.717) is 13.1 Å². The van der Waals surface area contributed by atoms with Gasteiger partial charge in [0, 0.05) is 13.1 Å².